The first kappa shape index (κ1) is 25.9. The standard InChI is InChI=1S/C27H33N4O4/c1-18(2)16-22(28-24(32)17-20-8-5-4-6-9-20)27(34)31-15-7-10-23(31)26(33)29-25(30-35)21-13-11-19(3)12-14-21/h4-6,8-9,11-14,18,22-23,35H,3,7,10,15-17H2,1-2H3,(H,28,32)(H,29,30,33)/t22?,23-/m0/s1. The zero-order valence-corrected chi connectivity index (χ0v) is 20.2. The number of hydrogen-bond donors (Lipinski definition) is 3. The summed E-state index contributed by atoms with van der Waals surface area (Å²) in [5.41, 5.74) is 2.17. The highest BCUT2D eigenvalue weighted by molar-refractivity contribution is 6.09. The molecule has 0 bridgehead atoms. The molecule has 3 rings (SSSR count). The number of carbonyl (C=O) groups is 3. The molecule has 8 nitrogen and oxygen atoms in total. The van der Waals surface area contributed by atoms with Crippen LogP contribution in [0.1, 0.15) is 49.8 Å². The van der Waals surface area contributed by atoms with Crippen LogP contribution in [0, 0.1) is 12.8 Å². The third-order valence-corrected chi connectivity index (χ3v) is 5.96. The van der Waals surface area contributed by atoms with Crippen molar-refractivity contribution in [1.29, 1.82) is 0 Å². The molecule has 0 aromatic heterocycles. The van der Waals surface area contributed by atoms with Crippen LogP contribution in [0.3, 0.4) is 0 Å². The Kier molecular flexibility index (Phi) is 9.00. The van der Waals surface area contributed by atoms with Gasteiger partial charge < -0.3 is 20.7 Å². The molecule has 2 atom stereocenters. The average Bonchev–Trinajstić information content (AvgIpc) is 3.32. The second kappa shape index (κ2) is 12.1. The van der Waals surface area contributed by atoms with Gasteiger partial charge in [-0.2, -0.15) is 0 Å². The maximum absolute atomic E-state index is 13.5. The molecule has 185 valence electrons. The van der Waals surface area contributed by atoms with E-state index in [4.69, 9.17) is 0 Å². The molecule has 0 saturated carbocycles. The number of benzene rings is 2. The Balaban J connectivity index is 1.69. The van der Waals surface area contributed by atoms with Gasteiger partial charge in [-0.1, -0.05) is 73.6 Å². The van der Waals surface area contributed by atoms with Crippen molar-refractivity contribution in [2.24, 2.45) is 11.1 Å². The van der Waals surface area contributed by atoms with Crippen LogP contribution in [0.2, 0.25) is 0 Å². The fraction of sp³-hybridized carbons (Fsp3) is 0.370. The molecule has 0 spiro atoms. The number of amides is 3. The van der Waals surface area contributed by atoms with Crippen molar-refractivity contribution in [1.82, 2.24) is 15.5 Å². The summed E-state index contributed by atoms with van der Waals surface area (Å²) in [6.45, 7) is 8.21. The third-order valence-electron chi connectivity index (χ3n) is 5.96. The summed E-state index contributed by atoms with van der Waals surface area (Å²) in [6.07, 6.45) is 1.79. The summed E-state index contributed by atoms with van der Waals surface area (Å²) in [6, 6.07) is 14.8. The van der Waals surface area contributed by atoms with Gasteiger partial charge in [0.05, 0.1) is 6.42 Å². The van der Waals surface area contributed by atoms with Crippen molar-refractivity contribution < 1.29 is 19.6 Å². The van der Waals surface area contributed by atoms with Crippen molar-refractivity contribution in [3.05, 3.63) is 78.2 Å². The third kappa shape index (κ3) is 7.15. The van der Waals surface area contributed by atoms with E-state index >= 15 is 0 Å². The maximum atomic E-state index is 13.5. The molecule has 1 radical (unpaired) electrons. The van der Waals surface area contributed by atoms with Crippen LogP contribution >= 0.6 is 0 Å². The van der Waals surface area contributed by atoms with Crippen LogP contribution in [-0.4, -0.2) is 52.3 Å². The van der Waals surface area contributed by atoms with Crippen LogP contribution in [0.5, 0.6) is 0 Å². The van der Waals surface area contributed by atoms with Crippen molar-refractivity contribution in [2.75, 3.05) is 6.54 Å². The van der Waals surface area contributed by atoms with E-state index < -0.39 is 18.0 Å². The summed E-state index contributed by atoms with van der Waals surface area (Å²) in [7, 11) is 0. The molecule has 0 aliphatic carbocycles. The van der Waals surface area contributed by atoms with Gasteiger partial charge in [-0.3, -0.25) is 14.4 Å². The van der Waals surface area contributed by atoms with E-state index in [-0.39, 0.29) is 30.0 Å². The predicted octanol–water partition coefficient (Wildman–Crippen LogP) is 2.89. The van der Waals surface area contributed by atoms with Crippen LogP contribution in [0.4, 0.5) is 0 Å². The number of rotatable bonds is 8. The monoisotopic (exact) mass is 477 g/mol. The molecular formula is C27H33N4O4. The Morgan fingerprint density at radius 3 is 2.43 bits per heavy atom. The molecule has 8 heteroatoms. The van der Waals surface area contributed by atoms with E-state index in [1.54, 1.807) is 24.3 Å². The van der Waals surface area contributed by atoms with Crippen molar-refractivity contribution >= 4 is 23.6 Å². The van der Waals surface area contributed by atoms with Gasteiger partial charge in [0.15, 0.2) is 5.84 Å². The first-order valence-corrected chi connectivity index (χ1v) is 11.9. The Morgan fingerprint density at radius 2 is 1.80 bits per heavy atom. The van der Waals surface area contributed by atoms with Gasteiger partial charge in [-0.15, -0.1) is 0 Å². The number of nitrogens with one attached hydrogen (secondary N) is 2. The van der Waals surface area contributed by atoms with Gasteiger partial charge in [0.2, 0.25) is 17.7 Å². The Bertz CT molecular complexity index is 1050. The predicted molar refractivity (Wildman–Crippen MR) is 134 cm³/mol. The van der Waals surface area contributed by atoms with Gasteiger partial charge in [-0.25, -0.2) is 0 Å². The smallest absolute Gasteiger partial charge is 0.248 e. The SMILES string of the molecule is [CH2]c1ccc(C(=NO)NC(=O)[C@@H]2CCCN2C(=O)C(CC(C)C)NC(=O)Cc2ccccc2)cc1. The van der Waals surface area contributed by atoms with Crippen molar-refractivity contribution in [2.45, 2.75) is 51.6 Å². The van der Waals surface area contributed by atoms with Gasteiger partial charge in [0.25, 0.3) is 0 Å². The molecular weight excluding hydrogens is 444 g/mol. The fourth-order valence-electron chi connectivity index (χ4n) is 4.24. The van der Waals surface area contributed by atoms with E-state index in [1.807, 2.05) is 44.2 Å². The normalized spacial score (nSPS) is 16.7. The minimum Gasteiger partial charge on any atom is -0.409 e. The summed E-state index contributed by atoms with van der Waals surface area (Å²) in [5.74, 6) is -0.772. The van der Waals surface area contributed by atoms with E-state index in [0.717, 1.165) is 11.1 Å². The lowest BCUT2D eigenvalue weighted by Crippen LogP contribution is -2.54. The molecule has 1 unspecified atom stereocenters. The van der Waals surface area contributed by atoms with Crippen LogP contribution in [-0.2, 0) is 20.8 Å². The van der Waals surface area contributed by atoms with Crippen LogP contribution in [0.25, 0.3) is 0 Å². The molecule has 1 fully saturated rings. The molecule has 1 saturated heterocycles. The lowest BCUT2D eigenvalue weighted by atomic mass is 10.0. The summed E-state index contributed by atoms with van der Waals surface area (Å²) < 4.78 is 0. The summed E-state index contributed by atoms with van der Waals surface area (Å²) in [5, 5.41) is 18.2. The van der Waals surface area contributed by atoms with Crippen LogP contribution in [0.15, 0.2) is 59.8 Å². The summed E-state index contributed by atoms with van der Waals surface area (Å²) in [4.78, 5) is 40.8. The molecule has 35 heavy (non-hydrogen) atoms. The van der Waals surface area contributed by atoms with Gasteiger partial charge in [0.1, 0.15) is 12.1 Å². The molecule has 2 aromatic rings. The zero-order chi connectivity index (χ0) is 25.4. The van der Waals surface area contributed by atoms with E-state index in [9.17, 15) is 19.6 Å². The number of likely N-dealkylation sites (tertiary alicyclic amines) is 1. The van der Waals surface area contributed by atoms with Crippen molar-refractivity contribution in [3.63, 3.8) is 0 Å². The topological polar surface area (TPSA) is 111 Å². The van der Waals surface area contributed by atoms with Crippen molar-refractivity contribution in [3.8, 4) is 0 Å². The second-order valence-corrected chi connectivity index (χ2v) is 9.24. The highest BCUT2D eigenvalue weighted by Gasteiger charge is 2.38. The Labute approximate surface area is 206 Å². The highest BCUT2D eigenvalue weighted by Crippen LogP contribution is 2.21. The first-order valence-electron chi connectivity index (χ1n) is 11.9. The number of oxime groups is 1. The first-order chi connectivity index (χ1) is 16.8. The number of hydrogen-bond acceptors (Lipinski definition) is 5. The van der Waals surface area contributed by atoms with Gasteiger partial charge in [0, 0.05) is 12.1 Å². The molecule has 2 aromatic carbocycles. The molecule has 3 amide bonds. The Hall–Kier alpha value is -3.68. The Morgan fingerprint density at radius 1 is 1.11 bits per heavy atom. The number of carbonyl (C=O) groups excluding carboxylic acids is 3. The van der Waals surface area contributed by atoms with Gasteiger partial charge >= 0.3 is 0 Å². The second-order valence-electron chi connectivity index (χ2n) is 9.24. The minimum atomic E-state index is -0.727. The minimum absolute atomic E-state index is 0.00388. The lowest BCUT2D eigenvalue weighted by Gasteiger charge is -2.29. The zero-order valence-electron chi connectivity index (χ0n) is 20.2. The quantitative estimate of drug-likeness (QED) is 0.235. The lowest BCUT2D eigenvalue weighted by molar-refractivity contribution is -0.141. The molecule has 1 heterocycles. The van der Waals surface area contributed by atoms with Gasteiger partial charge in [-0.05, 0) is 43.2 Å². The average molecular weight is 478 g/mol. The number of nitrogens with zero attached hydrogens (tertiary/aromatic N) is 2. The highest BCUT2D eigenvalue weighted by atomic mass is 16.4. The van der Waals surface area contributed by atoms with E-state index in [1.165, 1.54) is 4.90 Å². The summed E-state index contributed by atoms with van der Waals surface area (Å²) >= 11 is 0. The fourth-order valence-corrected chi connectivity index (χ4v) is 4.24. The molecule has 1 aliphatic heterocycles. The molecule has 3 N–H and O–H groups in total. The van der Waals surface area contributed by atoms with Crippen LogP contribution < -0.4 is 10.6 Å². The van der Waals surface area contributed by atoms with E-state index in [2.05, 4.69) is 22.7 Å². The molecule has 1 aliphatic rings. The number of amidine groups is 1. The maximum Gasteiger partial charge on any atom is 0.248 e. The van der Waals surface area contributed by atoms with E-state index in [0.29, 0.717) is 31.4 Å². The largest absolute Gasteiger partial charge is 0.409 e.